The Hall–Kier alpha value is -1.91. The van der Waals surface area contributed by atoms with Crippen LogP contribution in [0.2, 0.25) is 0 Å². The molecular weight excluding hydrogens is 196 g/mol. The molecule has 1 aliphatic heterocycles. The van der Waals surface area contributed by atoms with Crippen molar-refractivity contribution in [3.05, 3.63) is 39.9 Å². The molecule has 1 aromatic carbocycles. The molecule has 15 heavy (non-hydrogen) atoms. The summed E-state index contributed by atoms with van der Waals surface area (Å²) in [4.78, 5) is 21.0. The highest BCUT2D eigenvalue weighted by Crippen LogP contribution is 2.25. The van der Waals surface area contributed by atoms with E-state index in [1.807, 2.05) is 0 Å². The molecular formula is C10H10N2O3. The van der Waals surface area contributed by atoms with Crippen LogP contribution in [0.15, 0.2) is 24.3 Å². The summed E-state index contributed by atoms with van der Waals surface area (Å²) < 4.78 is 0. The average molecular weight is 206 g/mol. The summed E-state index contributed by atoms with van der Waals surface area (Å²) >= 11 is 0. The first-order chi connectivity index (χ1) is 7.16. The Bertz CT molecular complexity index is 400. The number of nitro benzene ring substituents is 1. The van der Waals surface area contributed by atoms with Crippen LogP contribution in [0, 0.1) is 10.1 Å². The maximum absolute atomic E-state index is 11.0. The van der Waals surface area contributed by atoms with E-state index < -0.39 is 4.92 Å². The third-order valence-corrected chi connectivity index (χ3v) is 2.50. The number of nitrogens with one attached hydrogen (secondary N) is 1. The lowest BCUT2D eigenvalue weighted by Gasteiger charge is -2.09. The fraction of sp³-hybridized carbons (Fsp3) is 0.300. The van der Waals surface area contributed by atoms with E-state index in [0.717, 1.165) is 12.0 Å². The number of non-ortho nitro benzene ring substituents is 1. The maximum Gasteiger partial charge on any atom is 0.269 e. The quantitative estimate of drug-likeness (QED) is 0.589. The molecule has 0 aliphatic carbocycles. The lowest BCUT2D eigenvalue weighted by molar-refractivity contribution is -0.384. The molecule has 78 valence electrons. The minimum Gasteiger partial charge on any atom is -0.349 e. The van der Waals surface area contributed by atoms with Crippen LogP contribution in [0.1, 0.15) is 24.4 Å². The molecule has 1 heterocycles. The van der Waals surface area contributed by atoms with Gasteiger partial charge in [0.15, 0.2) is 0 Å². The zero-order valence-electron chi connectivity index (χ0n) is 7.97. The highest BCUT2D eigenvalue weighted by atomic mass is 16.6. The molecule has 0 aromatic heterocycles. The number of benzene rings is 1. The Labute approximate surface area is 86.2 Å². The molecule has 1 saturated heterocycles. The average Bonchev–Trinajstić information content (AvgIpc) is 2.65. The number of nitro groups is 1. The topological polar surface area (TPSA) is 72.2 Å². The molecule has 1 fully saturated rings. The predicted octanol–water partition coefficient (Wildman–Crippen LogP) is 1.55. The molecule has 5 nitrogen and oxygen atoms in total. The lowest BCUT2D eigenvalue weighted by atomic mass is 10.1. The number of rotatable bonds is 2. The van der Waals surface area contributed by atoms with Crippen LogP contribution < -0.4 is 5.32 Å². The van der Waals surface area contributed by atoms with E-state index >= 15 is 0 Å². The molecule has 0 unspecified atom stereocenters. The number of carbonyl (C=O) groups excluding carboxylic acids is 1. The van der Waals surface area contributed by atoms with Gasteiger partial charge in [-0.1, -0.05) is 12.1 Å². The number of carbonyl (C=O) groups is 1. The third-order valence-electron chi connectivity index (χ3n) is 2.50. The van der Waals surface area contributed by atoms with Crippen molar-refractivity contribution in [3.8, 4) is 0 Å². The molecule has 0 saturated carbocycles. The van der Waals surface area contributed by atoms with E-state index in [9.17, 15) is 14.9 Å². The van der Waals surface area contributed by atoms with Gasteiger partial charge >= 0.3 is 0 Å². The maximum atomic E-state index is 11.0. The van der Waals surface area contributed by atoms with Gasteiger partial charge in [0.25, 0.3) is 5.69 Å². The molecule has 1 atom stereocenters. The minimum absolute atomic E-state index is 0.0123. The van der Waals surface area contributed by atoms with Gasteiger partial charge in [-0.15, -0.1) is 0 Å². The second-order valence-electron chi connectivity index (χ2n) is 3.51. The fourth-order valence-corrected chi connectivity index (χ4v) is 1.69. The van der Waals surface area contributed by atoms with E-state index in [4.69, 9.17) is 0 Å². The van der Waals surface area contributed by atoms with Crippen molar-refractivity contribution in [2.24, 2.45) is 0 Å². The summed E-state index contributed by atoms with van der Waals surface area (Å²) in [5.41, 5.74) is 0.995. The van der Waals surface area contributed by atoms with Gasteiger partial charge in [-0.3, -0.25) is 14.9 Å². The van der Waals surface area contributed by atoms with Gasteiger partial charge in [-0.05, 0) is 12.0 Å². The Morgan fingerprint density at radius 2 is 2.00 bits per heavy atom. The van der Waals surface area contributed by atoms with Crippen LogP contribution in [0.25, 0.3) is 0 Å². The zero-order valence-corrected chi connectivity index (χ0v) is 7.97. The van der Waals surface area contributed by atoms with Gasteiger partial charge in [0.2, 0.25) is 5.91 Å². The van der Waals surface area contributed by atoms with Crippen LogP contribution in [0.4, 0.5) is 5.69 Å². The summed E-state index contributed by atoms with van der Waals surface area (Å²) in [5.74, 6) is 0.0401. The molecule has 0 bridgehead atoms. The standard InChI is InChI=1S/C10H10N2O3/c13-10-6-5-9(11-10)7-1-3-8(4-2-7)12(14)15/h1-4,9H,5-6H2,(H,11,13)/t9-/m1/s1. The van der Waals surface area contributed by atoms with Crippen molar-refractivity contribution < 1.29 is 9.72 Å². The van der Waals surface area contributed by atoms with Crippen LogP contribution in [0.5, 0.6) is 0 Å². The Kier molecular flexibility index (Phi) is 2.37. The fourth-order valence-electron chi connectivity index (χ4n) is 1.69. The highest BCUT2D eigenvalue weighted by molar-refractivity contribution is 5.78. The largest absolute Gasteiger partial charge is 0.349 e. The lowest BCUT2D eigenvalue weighted by Crippen LogP contribution is -2.18. The highest BCUT2D eigenvalue weighted by Gasteiger charge is 2.22. The minimum atomic E-state index is -0.434. The molecule has 1 N–H and O–H groups in total. The molecule has 1 amide bonds. The number of hydrogen-bond donors (Lipinski definition) is 1. The first-order valence-corrected chi connectivity index (χ1v) is 4.70. The van der Waals surface area contributed by atoms with Crippen LogP contribution in [0.3, 0.4) is 0 Å². The second-order valence-corrected chi connectivity index (χ2v) is 3.51. The summed E-state index contributed by atoms with van der Waals surface area (Å²) in [6.45, 7) is 0. The molecule has 0 radical (unpaired) electrons. The van der Waals surface area contributed by atoms with Gasteiger partial charge in [-0.2, -0.15) is 0 Å². The summed E-state index contributed by atoms with van der Waals surface area (Å²) in [7, 11) is 0. The monoisotopic (exact) mass is 206 g/mol. The van der Waals surface area contributed by atoms with Crippen molar-refractivity contribution in [1.82, 2.24) is 5.32 Å². The first-order valence-electron chi connectivity index (χ1n) is 4.70. The normalized spacial score (nSPS) is 20.0. The SMILES string of the molecule is O=C1CC[C@H](c2ccc([N+](=O)[O-])cc2)N1. The second kappa shape index (κ2) is 3.68. The smallest absolute Gasteiger partial charge is 0.269 e. The molecule has 1 aromatic rings. The Morgan fingerprint density at radius 1 is 1.33 bits per heavy atom. The van der Waals surface area contributed by atoms with E-state index in [1.54, 1.807) is 12.1 Å². The zero-order chi connectivity index (χ0) is 10.8. The van der Waals surface area contributed by atoms with E-state index in [1.165, 1.54) is 12.1 Å². The van der Waals surface area contributed by atoms with Crippen molar-refractivity contribution in [1.29, 1.82) is 0 Å². The summed E-state index contributed by atoms with van der Waals surface area (Å²) in [6, 6.07) is 6.31. The molecule has 5 heteroatoms. The molecule has 1 aliphatic rings. The molecule has 0 spiro atoms. The van der Waals surface area contributed by atoms with E-state index in [2.05, 4.69) is 5.32 Å². The Balaban J connectivity index is 2.17. The van der Waals surface area contributed by atoms with Crippen LogP contribution in [-0.2, 0) is 4.79 Å². The van der Waals surface area contributed by atoms with Gasteiger partial charge < -0.3 is 5.32 Å². The molecule has 2 rings (SSSR count). The summed E-state index contributed by atoms with van der Waals surface area (Å²) in [6.07, 6.45) is 1.29. The predicted molar refractivity (Wildman–Crippen MR) is 53.2 cm³/mol. The van der Waals surface area contributed by atoms with E-state index in [0.29, 0.717) is 6.42 Å². The number of hydrogen-bond acceptors (Lipinski definition) is 3. The first kappa shape index (κ1) is 9.64. The van der Waals surface area contributed by atoms with Gasteiger partial charge in [0.05, 0.1) is 11.0 Å². The Morgan fingerprint density at radius 3 is 2.47 bits per heavy atom. The number of amides is 1. The van der Waals surface area contributed by atoms with Crippen molar-refractivity contribution >= 4 is 11.6 Å². The van der Waals surface area contributed by atoms with E-state index in [-0.39, 0.29) is 17.6 Å². The number of nitrogens with zero attached hydrogens (tertiary/aromatic N) is 1. The van der Waals surface area contributed by atoms with Gasteiger partial charge in [0.1, 0.15) is 0 Å². The van der Waals surface area contributed by atoms with Crippen molar-refractivity contribution in [3.63, 3.8) is 0 Å². The van der Waals surface area contributed by atoms with Gasteiger partial charge in [-0.25, -0.2) is 0 Å². The van der Waals surface area contributed by atoms with Crippen molar-refractivity contribution in [2.75, 3.05) is 0 Å². The van der Waals surface area contributed by atoms with Crippen LogP contribution >= 0.6 is 0 Å². The van der Waals surface area contributed by atoms with Gasteiger partial charge in [0, 0.05) is 18.6 Å². The summed E-state index contributed by atoms with van der Waals surface area (Å²) in [5, 5.41) is 13.2. The van der Waals surface area contributed by atoms with Crippen LogP contribution in [-0.4, -0.2) is 10.8 Å². The van der Waals surface area contributed by atoms with Crippen molar-refractivity contribution in [2.45, 2.75) is 18.9 Å². The third kappa shape index (κ3) is 1.96.